The molecule has 3 heterocycles. The molecule has 0 bridgehead atoms. The molecule has 162 valence electrons. The maximum absolute atomic E-state index is 14.7. The third kappa shape index (κ3) is 3.48. The molecule has 1 atom stereocenters. The number of morpholine rings is 1. The molecular formula is C23H24F2N4O2. The summed E-state index contributed by atoms with van der Waals surface area (Å²) in [6.07, 6.45) is 5.35. The summed E-state index contributed by atoms with van der Waals surface area (Å²) in [5.41, 5.74) is 1.45. The highest BCUT2D eigenvalue weighted by atomic mass is 19.1. The third-order valence-corrected chi connectivity index (χ3v) is 6.55. The molecule has 1 aliphatic heterocycles. The van der Waals surface area contributed by atoms with Crippen molar-refractivity contribution in [1.29, 1.82) is 0 Å². The number of rotatable bonds is 3. The summed E-state index contributed by atoms with van der Waals surface area (Å²) in [7, 11) is 0. The minimum absolute atomic E-state index is 0.111. The lowest BCUT2D eigenvalue weighted by Crippen LogP contribution is -2.47. The van der Waals surface area contributed by atoms with Gasteiger partial charge >= 0.3 is 0 Å². The number of halogens is 2. The van der Waals surface area contributed by atoms with Crippen LogP contribution in [-0.4, -0.2) is 40.2 Å². The molecule has 0 N–H and O–H groups in total. The normalized spacial score (nSPS) is 19.6. The van der Waals surface area contributed by atoms with Gasteiger partial charge in [-0.25, -0.2) is 18.7 Å². The fraction of sp³-hybridized carbons (Fsp3) is 0.435. The van der Waals surface area contributed by atoms with Crippen molar-refractivity contribution >= 4 is 11.5 Å². The first-order valence-electron chi connectivity index (χ1n) is 10.6. The van der Waals surface area contributed by atoms with E-state index in [1.54, 1.807) is 20.0 Å². The van der Waals surface area contributed by atoms with E-state index in [-0.39, 0.29) is 28.6 Å². The molecule has 6 nitrogen and oxygen atoms in total. The van der Waals surface area contributed by atoms with Gasteiger partial charge in [0.1, 0.15) is 23.1 Å². The first-order valence-corrected chi connectivity index (χ1v) is 10.6. The van der Waals surface area contributed by atoms with Crippen molar-refractivity contribution in [3.8, 4) is 11.3 Å². The maximum atomic E-state index is 14.7. The smallest absolute Gasteiger partial charge is 0.261 e. The van der Waals surface area contributed by atoms with E-state index < -0.39 is 11.6 Å². The van der Waals surface area contributed by atoms with Crippen LogP contribution in [0.4, 0.5) is 14.6 Å². The second-order valence-corrected chi connectivity index (χ2v) is 8.44. The third-order valence-electron chi connectivity index (χ3n) is 6.55. The molecule has 2 aromatic heterocycles. The fourth-order valence-electron chi connectivity index (χ4n) is 4.32. The summed E-state index contributed by atoms with van der Waals surface area (Å²) >= 11 is 0. The van der Waals surface area contributed by atoms with Crippen molar-refractivity contribution in [2.45, 2.75) is 39.2 Å². The van der Waals surface area contributed by atoms with Gasteiger partial charge in [0.25, 0.3) is 5.56 Å². The SMILES string of the molecule is Cc1nc2c(-c3ccc(F)cc3F)nc(N3CCOC(C4CCC4)C3)cn2c(=O)c1C. The predicted molar refractivity (Wildman–Crippen MR) is 113 cm³/mol. The van der Waals surface area contributed by atoms with E-state index in [1.165, 1.54) is 23.0 Å². The molecule has 2 fully saturated rings. The topological polar surface area (TPSA) is 59.7 Å². The summed E-state index contributed by atoms with van der Waals surface area (Å²) in [6, 6.07) is 3.35. The van der Waals surface area contributed by atoms with E-state index in [0.717, 1.165) is 18.9 Å². The molecule has 0 spiro atoms. The molecule has 8 heteroatoms. The Morgan fingerprint density at radius 1 is 1.16 bits per heavy atom. The number of fused-ring (bicyclic) bond motifs is 1. The van der Waals surface area contributed by atoms with Crippen molar-refractivity contribution in [3.05, 3.63) is 57.6 Å². The van der Waals surface area contributed by atoms with Crippen molar-refractivity contribution < 1.29 is 13.5 Å². The summed E-state index contributed by atoms with van der Waals surface area (Å²) in [5.74, 6) is -0.304. The van der Waals surface area contributed by atoms with Gasteiger partial charge < -0.3 is 9.64 Å². The van der Waals surface area contributed by atoms with Crippen LogP contribution in [0, 0.1) is 31.4 Å². The van der Waals surface area contributed by atoms with Crippen LogP contribution in [0.2, 0.25) is 0 Å². The zero-order valence-electron chi connectivity index (χ0n) is 17.6. The molecule has 1 aliphatic carbocycles. The molecule has 1 unspecified atom stereocenters. The van der Waals surface area contributed by atoms with Crippen molar-refractivity contribution in [3.63, 3.8) is 0 Å². The van der Waals surface area contributed by atoms with Crippen LogP contribution in [-0.2, 0) is 4.74 Å². The van der Waals surface area contributed by atoms with Gasteiger partial charge in [-0.05, 0) is 44.7 Å². The summed E-state index contributed by atoms with van der Waals surface area (Å²) in [5, 5.41) is 0. The predicted octanol–water partition coefficient (Wildman–Crippen LogP) is 3.66. The van der Waals surface area contributed by atoms with Gasteiger partial charge in [0, 0.05) is 36.0 Å². The van der Waals surface area contributed by atoms with E-state index in [4.69, 9.17) is 9.72 Å². The number of hydrogen-bond acceptors (Lipinski definition) is 5. The quantitative estimate of drug-likeness (QED) is 0.640. The Hall–Kier alpha value is -2.87. The Morgan fingerprint density at radius 2 is 1.97 bits per heavy atom. The molecule has 5 rings (SSSR count). The highest BCUT2D eigenvalue weighted by Crippen LogP contribution is 2.34. The molecule has 1 saturated heterocycles. The van der Waals surface area contributed by atoms with E-state index in [9.17, 15) is 13.6 Å². The van der Waals surface area contributed by atoms with Gasteiger partial charge in [-0.1, -0.05) is 6.42 Å². The number of hydrogen-bond donors (Lipinski definition) is 0. The van der Waals surface area contributed by atoms with Gasteiger partial charge in [-0.2, -0.15) is 0 Å². The second-order valence-electron chi connectivity index (χ2n) is 8.44. The first-order chi connectivity index (χ1) is 14.9. The van der Waals surface area contributed by atoms with E-state index in [1.807, 2.05) is 0 Å². The van der Waals surface area contributed by atoms with Crippen LogP contribution in [0.3, 0.4) is 0 Å². The number of aryl methyl sites for hydroxylation is 1. The molecule has 31 heavy (non-hydrogen) atoms. The van der Waals surface area contributed by atoms with Gasteiger partial charge in [-0.3, -0.25) is 9.20 Å². The van der Waals surface area contributed by atoms with Crippen LogP contribution in [0.5, 0.6) is 0 Å². The van der Waals surface area contributed by atoms with Gasteiger partial charge in [0.2, 0.25) is 0 Å². The van der Waals surface area contributed by atoms with Crippen molar-refractivity contribution in [2.24, 2.45) is 5.92 Å². The van der Waals surface area contributed by atoms with Crippen molar-refractivity contribution in [2.75, 3.05) is 24.6 Å². The van der Waals surface area contributed by atoms with Gasteiger partial charge in [0.15, 0.2) is 5.65 Å². The highest BCUT2D eigenvalue weighted by Gasteiger charge is 2.33. The Labute approximate surface area is 178 Å². The molecular weight excluding hydrogens is 402 g/mol. The largest absolute Gasteiger partial charge is 0.374 e. The van der Waals surface area contributed by atoms with Crippen LogP contribution in [0.25, 0.3) is 16.9 Å². The molecule has 3 aromatic rings. The standard InChI is InChI=1S/C23H24F2N4O2/c1-13-14(2)26-22-21(17-7-6-16(24)10-18(17)25)27-20(12-29(22)23(13)30)28-8-9-31-19(11-28)15-4-3-5-15/h6-7,10,12,15,19H,3-5,8-9,11H2,1-2H3. The zero-order chi connectivity index (χ0) is 21.7. The lowest BCUT2D eigenvalue weighted by Gasteiger charge is -2.41. The number of anilines is 1. The van der Waals surface area contributed by atoms with Crippen molar-refractivity contribution in [1.82, 2.24) is 14.4 Å². The average molecular weight is 426 g/mol. The monoisotopic (exact) mass is 426 g/mol. The fourth-order valence-corrected chi connectivity index (χ4v) is 4.32. The summed E-state index contributed by atoms with van der Waals surface area (Å²) in [6.45, 7) is 5.32. The van der Waals surface area contributed by atoms with Crippen LogP contribution in [0.15, 0.2) is 29.2 Å². The molecule has 0 amide bonds. The Morgan fingerprint density at radius 3 is 2.68 bits per heavy atom. The minimum Gasteiger partial charge on any atom is -0.374 e. The summed E-state index contributed by atoms with van der Waals surface area (Å²) in [4.78, 5) is 24.4. The number of aromatic nitrogens is 3. The van der Waals surface area contributed by atoms with Crippen LogP contribution >= 0.6 is 0 Å². The van der Waals surface area contributed by atoms with Crippen LogP contribution < -0.4 is 10.5 Å². The lowest BCUT2D eigenvalue weighted by atomic mass is 9.80. The van der Waals surface area contributed by atoms with Gasteiger partial charge in [-0.15, -0.1) is 0 Å². The average Bonchev–Trinajstić information content (AvgIpc) is 2.71. The van der Waals surface area contributed by atoms with E-state index in [2.05, 4.69) is 9.88 Å². The highest BCUT2D eigenvalue weighted by molar-refractivity contribution is 5.76. The maximum Gasteiger partial charge on any atom is 0.261 e. The lowest BCUT2D eigenvalue weighted by molar-refractivity contribution is -0.0225. The van der Waals surface area contributed by atoms with Crippen LogP contribution in [0.1, 0.15) is 30.5 Å². The molecule has 1 aromatic carbocycles. The molecule has 0 radical (unpaired) electrons. The van der Waals surface area contributed by atoms with E-state index in [0.29, 0.717) is 42.7 Å². The van der Waals surface area contributed by atoms with E-state index >= 15 is 0 Å². The first kappa shape index (κ1) is 20.1. The van der Waals surface area contributed by atoms with Gasteiger partial charge in [0.05, 0.1) is 18.9 Å². The Bertz CT molecular complexity index is 1220. The number of ether oxygens (including phenoxy) is 1. The Kier molecular flexibility index (Phi) is 4.97. The molecule has 1 saturated carbocycles. The second kappa shape index (κ2) is 7.67. The number of benzene rings is 1. The summed E-state index contributed by atoms with van der Waals surface area (Å²) < 4.78 is 35.6. The number of nitrogens with zero attached hydrogens (tertiary/aromatic N) is 4. The molecule has 2 aliphatic rings. The minimum atomic E-state index is -0.742. The Balaban J connectivity index is 1.68. The zero-order valence-corrected chi connectivity index (χ0v) is 17.6.